The minimum absolute atomic E-state index is 0.0586. The van der Waals surface area contributed by atoms with E-state index >= 15 is 0 Å². The Morgan fingerprint density at radius 1 is 0.774 bits per heavy atom. The van der Waals surface area contributed by atoms with E-state index in [0.29, 0.717) is 18.3 Å². The van der Waals surface area contributed by atoms with Gasteiger partial charge in [-0.05, 0) is 86.2 Å². The van der Waals surface area contributed by atoms with Crippen LogP contribution in [0.1, 0.15) is 115 Å². The van der Waals surface area contributed by atoms with Gasteiger partial charge in [0.05, 0.1) is 6.61 Å². The zero-order chi connectivity index (χ0) is 21.6. The van der Waals surface area contributed by atoms with Gasteiger partial charge < -0.3 is 4.74 Å². The van der Waals surface area contributed by atoms with Crippen LogP contribution >= 0.6 is 0 Å². The molecule has 4 rings (SSSR count). The molecule has 1 aromatic rings. The molecule has 0 radical (unpaired) electrons. The second-order valence-electron chi connectivity index (χ2n) is 11.1. The van der Waals surface area contributed by atoms with Crippen LogP contribution in [0.25, 0.3) is 0 Å². The smallest absolute Gasteiger partial charge is 0.130 e. The van der Waals surface area contributed by atoms with Crippen LogP contribution in [0.2, 0.25) is 0 Å². The summed E-state index contributed by atoms with van der Waals surface area (Å²) < 4.78 is 20.2. The Labute approximate surface area is 190 Å². The minimum atomic E-state index is -0.0586. The number of hydrogen-bond donors (Lipinski definition) is 0. The van der Waals surface area contributed by atoms with Gasteiger partial charge in [-0.3, -0.25) is 0 Å². The second-order valence-corrected chi connectivity index (χ2v) is 11.1. The van der Waals surface area contributed by atoms with Gasteiger partial charge in [0.15, 0.2) is 0 Å². The van der Waals surface area contributed by atoms with Crippen molar-refractivity contribution in [2.75, 3.05) is 6.61 Å². The van der Waals surface area contributed by atoms with Gasteiger partial charge in [-0.1, -0.05) is 70.8 Å². The summed E-state index contributed by atoms with van der Waals surface area (Å²) in [6.07, 6.45) is 19.7. The summed E-state index contributed by atoms with van der Waals surface area (Å²) in [7, 11) is 0. The van der Waals surface area contributed by atoms with Crippen molar-refractivity contribution in [1.82, 2.24) is 0 Å². The van der Waals surface area contributed by atoms with E-state index in [-0.39, 0.29) is 5.82 Å². The lowest BCUT2D eigenvalue weighted by atomic mass is 9.63. The summed E-state index contributed by atoms with van der Waals surface area (Å²) in [5.41, 5.74) is 0.933. The Morgan fingerprint density at radius 3 is 2.13 bits per heavy atom. The molecule has 0 N–H and O–H groups in total. The fourth-order valence-electron chi connectivity index (χ4n) is 7.31. The summed E-state index contributed by atoms with van der Waals surface area (Å²) in [6, 6.07) is 5.55. The average molecular weight is 429 g/mol. The van der Waals surface area contributed by atoms with Gasteiger partial charge in [0, 0.05) is 6.07 Å². The molecule has 1 aromatic carbocycles. The van der Waals surface area contributed by atoms with Gasteiger partial charge in [0.1, 0.15) is 11.6 Å². The second kappa shape index (κ2) is 11.2. The van der Waals surface area contributed by atoms with Crippen LogP contribution in [0.3, 0.4) is 0 Å². The highest BCUT2D eigenvalue weighted by atomic mass is 19.1. The molecule has 174 valence electrons. The molecule has 4 unspecified atom stereocenters. The van der Waals surface area contributed by atoms with Crippen molar-refractivity contribution >= 4 is 0 Å². The van der Waals surface area contributed by atoms with Crippen LogP contribution in [0, 0.1) is 35.4 Å². The molecule has 2 heteroatoms. The molecule has 0 saturated heterocycles. The molecule has 0 aromatic heterocycles. The molecular weight excluding hydrogens is 383 g/mol. The van der Waals surface area contributed by atoms with E-state index in [1.54, 1.807) is 6.07 Å². The topological polar surface area (TPSA) is 9.23 Å². The Morgan fingerprint density at radius 2 is 1.42 bits per heavy atom. The first-order valence-corrected chi connectivity index (χ1v) is 13.6. The van der Waals surface area contributed by atoms with Gasteiger partial charge in [-0.15, -0.1) is 0 Å². The van der Waals surface area contributed by atoms with E-state index < -0.39 is 0 Å². The largest absolute Gasteiger partial charge is 0.494 e. The summed E-state index contributed by atoms with van der Waals surface area (Å²) >= 11 is 0. The molecule has 1 nitrogen and oxygen atoms in total. The Hall–Kier alpha value is -1.05. The summed E-state index contributed by atoms with van der Waals surface area (Å²) in [6.45, 7) is 4.87. The zero-order valence-corrected chi connectivity index (χ0v) is 20.1. The number of benzene rings is 1. The maximum atomic E-state index is 14.7. The Bertz CT molecular complexity index is 677. The third kappa shape index (κ3) is 6.05. The maximum absolute atomic E-state index is 14.7. The van der Waals surface area contributed by atoms with Crippen molar-refractivity contribution in [2.24, 2.45) is 29.6 Å². The first-order valence-electron chi connectivity index (χ1n) is 13.6. The fraction of sp³-hybridized carbons (Fsp3) is 0.793. The average Bonchev–Trinajstić information content (AvgIpc) is 2.79. The summed E-state index contributed by atoms with van der Waals surface area (Å²) in [4.78, 5) is 0. The highest BCUT2D eigenvalue weighted by Gasteiger charge is 2.36. The quantitative estimate of drug-likeness (QED) is 0.401. The molecule has 3 aliphatic rings. The molecular formula is C29H45FO. The third-order valence-corrected chi connectivity index (χ3v) is 9.09. The maximum Gasteiger partial charge on any atom is 0.130 e. The van der Waals surface area contributed by atoms with Crippen LogP contribution in [0.15, 0.2) is 18.2 Å². The van der Waals surface area contributed by atoms with Crippen molar-refractivity contribution in [3.63, 3.8) is 0 Å². The van der Waals surface area contributed by atoms with E-state index in [4.69, 9.17) is 4.74 Å². The Balaban J connectivity index is 1.22. The van der Waals surface area contributed by atoms with Crippen molar-refractivity contribution < 1.29 is 9.13 Å². The van der Waals surface area contributed by atoms with E-state index in [1.165, 1.54) is 89.9 Å². The first-order chi connectivity index (χ1) is 15.2. The van der Waals surface area contributed by atoms with E-state index in [9.17, 15) is 4.39 Å². The predicted octanol–water partition coefficient (Wildman–Crippen LogP) is 8.91. The van der Waals surface area contributed by atoms with Crippen LogP contribution in [-0.2, 0) is 0 Å². The number of fused-ring (bicyclic) bond motifs is 1. The minimum Gasteiger partial charge on any atom is -0.494 e. The van der Waals surface area contributed by atoms with E-state index in [1.807, 2.05) is 19.1 Å². The molecule has 3 saturated carbocycles. The molecule has 4 atom stereocenters. The number of ether oxygens (including phenoxy) is 1. The van der Waals surface area contributed by atoms with Crippen molar-refractivity contribution in [2.45, 2.75) is 110 Å². The monoisotopic (exact) mass is 428 g/mol. The molecule has 0 heterocycles. The van der Waals surface area contributed by atoms with Crippen LogP contribution in [-0.4, -0.2) is 6.61 Å². The highest BCUT2D eigenvalue weighted by molar-refractivity contribution is 5.31. The molecule has 31 heavy (non-hydrogen) atoms. The standard InChI is InChI=1S/C29H45FO/c1-3-5-21-6-8-22(9-7-21)10-11-23-12-13-25-19-26(15-14-24(25)18-23)28-17-16-27(31-4-2)20-29(28)30/h16-17,20-26H,3-15,18-19H2,1-2H3. The SMILES string of the molecule is CCCC1CCC(CCC2CCC3CC(c4ccc(OCC)cc4F)CCC3C2)CC1. The molecule has 0 aliphatic heterocycles. The number of halogens is 1. The third-order valence-electron chi connectivity index (χ3n) is 9.09. The molecule has 0 bridgehead atoms. The van der Waals surface area contributed by atoms with Crippen LogP contribution in [0.4, 0.5) is 4.39 Å². The van der Waals surface area contributed by atoms with Crippen molar-refractivity contribution in [3.05, 3.63) is 29.6 Å². The normalized spacial score (nSPS) is 33.6. The van der Waals surface area contributed by atoms with Gasteiger partial charge >= 0.3 is 0 Å². The Kier molecular flexibility index (Phi) is 8.35. The highest BCUT2D eigenvalue weighted by Crippen LogP contribution is 2.49. The van der Waals surface area contributed by atoms with Gasteiger partial charge in [-0.2, -0.15) is 0 Å². The predicted molar refractivity (Wildman–Crippen MR) is 128 cm³/mol. The lowest BCUT2D eigenvalue weighted by molar-refractivity contribution is 0.108. The van der Waals surface area contributed by atoms with Gasteiger partial charge in [0.25, 0.3) is 0 Å². The van der Waals surface area contributed by atoms with Gasteiger partial charge in [-0.25, -0.2) is 4.39 Å². The zero-order valence-electron chi connectivity index (χ0n) is 20.1. The first kappa shape index (κ1) is 23.1. The summed E-state index contributed by atoms with van der Waals surface area (Å²) in [5, 5.41) is 0. The van der Waals surface area contributed by atoms with Crippen LogP contribution < -0.4 is 4.74 Å². The van der Waals surface area contributed by atoms with E-state index in [2.05, 4.69) is 6.92 Å². The molecule has 3 fully saturated rings. The molecule has 0 amide bonds. The summed E-state index contributed by atoms with van der Waals surface area (Å²) in [5.74, 6) is 5.76. The van der Waals surface area contributed by atoms with Crippen LogP contribution in [0.5, 0.6) is 5.75 Å². The lowest BCUT2D eigenvalue weighted by Gasteiger charge is -2.43. The lowest BCUT2D eigenvalue weighted by Crippen LogP contribution is -2.31. The molecule has 3 aliphatic carbocycles. The number of rotatable bonds is 8. The fourth-order valence-corrected chi connectivity index (χ4v) is 7.31. The van der Waals surface area contributed by atoms with E-state index in [0.717, 1.165) is 35.2 Å². The van der Waals surface area contributed by atoms with Gasteiger partial charge in [0.2, 0.25) is 0 Å². The number of hydrogen-bond acceptors (Lipinski definition) is 1. The van der Waals surface area contributed by atoms with Crippen molar-refractivity contribution in [3.8, 4) is 5.75 Å². The van der Waals surface area contributed by atoms with Crippen molar-refractivity contribution in [1.29, 1.82) is 0 Å². The molecule has 0 spiro atoms.